The second kappa shape index (κ2) is 7.79. The van der Waals surface area contributed by atoms with Crippen LogP contribution in [-0.2, 0) is 6.54 Å². The standard InChI is InChI=1S/C22H20FN5O2/c23-17-7-3-5-15(11-17)21-25-22(30-26-21)16-6-4-9-27(13-16)14-18-12-20(29)28-10-2-1-8-19(28)24-18/h1-3,5,7-8,10-12,16H,4,6,9,13-14H2. The second-order valence-electron chi connectivity index (χ2n) is 7.56. The van der Waals surface area contributed by atoms with E-state index in [4.69, 9.17) is 4.52 Å². The molecule has 4 aromatic rings. The summed E-state index contributed by atoms with van der Waals surface area (Å²) in [5.74, 6) is 0.716. The summed E-state index contributed by atoms with van der Waals surface area (Å²) in [7, 11) is 0. The minimum Gasteiger partial charge on any atom is -0.339 e. The maximum atomic E-state index is 13.5. The number of halogens is 1. The third kappa shape index (κ3) is 3.73. The summed E-state index contributed by atoms with van der Waals surface area (Å²) >= 11 is 0. The molecule has 0 radical (unpaired) electrons. The molecule has 1 aliphatic rings. The summed E-state index contributed by atoms with van der Waals surface area (Å²) in [6.07, 6.45) is 3.64. The van der Waals surface area contributed by atoms with Gasteiger partial charge in [0.05, 0.1) is 11.6 Å². The van der Waals surface area contributed by atoms with E-state index in [1.807, 2.05) is 18.2 Å². The Morgan fingerprint density at radius 1 is 1.13 bits per heavy atom. The molecular formula is C22H20FN5O2. The third-order valence-corrected chi connectivity index (χ3v) is 5.39. The van der Waals surface area contributed by atoms with E-state index in [1.54, 1.807) is 24.4 Å². The number of likely N-dealkylation sites (tertiary alicyclic amines) is 1. The Hall–Kier alpha value is -3.39. The smallest absolute Gasteiger partial charge is 0.258 e. The van der Waals surface area contributed by atoms with E-state index in [1.165, 1.54) is 16.5 Å². The van der Waals surface area contributed by atoms with Crippen molar-refractivity contribution in [2.45, 2.75) is 25.3 Å². The number of aromatic nitrogens is 4. The number of rotatable bonds is 4. The molecule has 1 aromatic carbocycles. The first-order chi connectivity index (χ1) is 14.7. The van der Waals surface area contributed by atoms with Crippen LogP contribution in [0.5, 0.6) is 0 Å². The van der Waals surface area contributed by atoms with Crippen LogP contribution in [0.1, 0.15) is 30.3 Å². The van der Waals surface area contributed by atoms with Crippen molar-refractivity contribution < 1.29 is 8.91 Å². The van der Waals surface area contributed by atoms with Crippen LogP contribution in [0.4, 0.5) is 4.39 Å². The summed E-state index contributed by atoms with van der Waals surface area (Å²) in [5, 5.41) is 4.03. The van der Waals surface area contributed by atoms with E-state index in [0.29, 0.717) is 29.5 Å². The van der Waals surface area contributed by atoms with Crippen LogP contribution >= 0.6 is 0 Å². The van der Waals surface area contributed by atoms with Crippen molar-refractivity contribution in [3.63, 3.8) is 0 Å². The Labute approximate surface area is 171 Å². The van der Waals surface area contributed by atoms with Gasteiger partial charge in [0, 0.05) is 30.9 Å². The SMILES string of the molecule is O=c1cc(CN2CCCC(c3nc(-c4cccc(F)c4)no3)C2)nc2ccccn12. The van der Waals surface area contributed by atoms with Crippen molar-refractivity contribution in [1.82, 2.24) is 24.4 Å². The molecule has 1 fully saturated rings. The molecule has 0 amide bonds. The highest BCUT2D eigenvalue weighted by atomic mass is 19.1. The maximum Gasteiger partial charge on any atom is 0.258 e. The Bertz CT molecular complexity index is 1250. The largest absolute Gasteiger partial charge is 0.339 e. The molecule has 1 aliphatic heterocycles. The van der Waals surface area contributed by atoms with Crippen LogP contribution in [-0.4, -0.2) is 37.5 Å². The van der Waals surface area contributed by atoms with E-state index in [2.05, 4.69) is 20.0 Å². The molecule has 0 aliphatic carbocycles. The minimum atomic E-state index is -0.332. The maximum absolute atomic E-state index is 13.5. The molecule has 0 saturated carbocycles. The molecule has 5 rings (SSSR count). The first-order valence-corrected chi connectivity index (χ1v) is 9.95. The predicted octanol–water partition coefficient (Wildman–Crippen LogP) is 3.26. The fourth-order valence-corrected chi connectivity index (χ4v) is 3.96. The summed E-state index contributed by atoms with van der Waals surface area (Å²) in [5.41, 5.74) is 1.90. The number of benzene rings is 1. The highest BCUT2D eigenvalue weighted by Crippen LogP contribution is 2.28. The zero-order valence-electron chi connectivity index (χ0n) is 16.2. The van der Waals surface area contributed by atoms with Gasteiger partial charge in [-0.25, -0.2) is 9.37 Å². The Kier molecular flexibility index (Phi) is 4.84. The average molecular weight is 405 g/mol. The van der Waals surface area contributed by atoms with Crippen molar-refractivity contribution in [2.24, 2.45) is 0 Å². The number of piperidine rings is 1. The van der Waals surface area contributed by atoms with Gasteiger partial charge in [-0.1, -0.05) is 23.4 Å². The number of hydrogen-bond acceptors (Lipinski definition) is 6. The quantitative estimate of drug-likeness (QED) is 0.519. The first-order valence-electron chi connectivity index (χ1n) is 9.95. The molecule has 4 heterocycles. The molecule has 7 nitrogen and oxygen atoms in total. The van der Waals surface area contributed by atoms with Crippen LogP contribution in [0.2, 0.25) is 0 Å². The van der Waals surface area contributed by atoms with Crippen molar-refractivity contribution >= 4 is 5.65 Å². The van der Waals surface area contributed by atoms with Crippen LogP contribution in [0.25, 0.3) is 17.0 Å². The van der Waals surface area contributed by atoms with E-state index in [0.717, 1.165) is 31.6 Å². The molecule has 1 unspecified atom stereocenters. The lowest BCUT2D eigenvalue weighted by Crippen LogP contribution is -2.34. The lowest BCUT2D eigenvalue weighted by molar-refractivity contribution is 0.178. The van der Waals surface area contributed by atoms with E-state index in [9.17, 15) is 9.18 Å². The predicted molar refractivity (Wildman–Crippen MR) is 108 cm³/mol. The summed E-state index contributed by atoms with van der Waals surface area (Å²) in [6.45, 7) is 2.24. The molecular weight excluding hydrogens is 385 g/mol. The monoisotopic (exact) mass is 405 g/mol. The van der Waals surface area contributed by atoms with Gasteiger partial charge in [0.2, 0.25) is 11.7 Å². The van der Waals surface area contributed by atoms with Gasteiger partial charge in [-0.2, -0.15) is 4.98 Å². The molecule has 152 valence electrons. The number of nitrogens with zero attached hydrogens (tertiary/aromatic N) is 5. The van der Waals surface area contributed by atoms with Crippen LogP contribution in [0.3, 0.4) is 0 Å². The zero-order chi connectivity index (χ0) is 20.5. The van der Waals surface area contributed by atoms with Gasteiger partial charge < -0.3 is 4.52 Å². The molecule has 0 N–H and O–H groups in total. The fourth-order valence-electron chi connectivity index (χ4n) is 3.96. The van der Waals surface area contributed by atoms with Crippen LogP contribution in [0.15, 0.2) is 64.0 Å². The van der Waals surface area contributed by atoms with Crippen LogP contribution in [0, 0.1) is 5.82 Å². The molecule has 3 aromatic heterocycles. The van der Waals surface area contributed by atoms with E-state index >= 15 is 0 Å². The number of hydrogen-bond donors (Lipinski definition) is 0. The van der Waals surface area contributed by atoms with Gasteiger partial charge in [-0.05, 0) is 43.7 Å². The first kappa shape index (κ1) is 18.6. The molecule has 1 atom stereocenters. The van der Waals surface area contributed by atoms with Gasteiger partial charge >= 0.3 is 0 Å². The highest BCUT2D eigenvalue weighted by molar-refractivity contribution is 5.53. The van der Waals surface area contributed by atoms with Crippen molar-refractivity contribution in [3.8, 4) is 11.4 Å². The topological polar surface area (TPSA) is 76.5 Å². The number of pyridine rings is 1. The molecule has 1 saturated heterocycles. The van der Waals surface area contributed by atoms with Gasteiger partial charge in [0.25, 0.3) is 5.56 Å². The molecule has 0 spiro atoms. The zero-order valence-corrected chi connectivity index (χ0v) is 16.2. The normalized spacial score (nSPS) is 17.4. The van der Waals surface area contributed by atoms with Crippen LogP contribution < -0.4 is 5.56 Å². The van der Waals surface area contributed by atoms with E-state index < -0.39 is 0 Å². The lowest BCUT2D eigenvalue weighted by Gasteiger charge is -2.30. The molecule has 30 heavy (non-hydrogen) atoms. The summed E-state index contributed by atoms with van der Waals surface area (Å²) in [4.78, 5) is 23.7. The fraction of sp³-hybridized carbons (Fsp3) is 0.273. The van der Waals surface area contributed by atoms with Gasteiger partial charge in [0.15, 0.2) is 0 Å². The van der Waals surface area contributed by atoms with Gasteiger partial charge in [-0.3, -0.25) is 14.1 Å². The highest BCUT2D eigenvalue weighted by Gasteiger charge is 2.26. The summed E-state index contributed by atoms with van der Waals surface area (Å²) in [6, 6.07) is 13.3. The Balaban J connectivity index is 1.33. The second-order valence-corrected chi connectivity index (χ2v) is 7.56. The van der Waals surface area contributed by atoms with Crippen molar-refractivity contribution in [1.29, 1.82) is 0 Å². The van der Waals surface area contributed by atoms with E-state index in [-0.39, 0.29) is 17.3 Å². The van der Waals surface area contributed by atoms with Crippen molar-refractivity contribution in [3.05, 3.63) is 82.5 Å². The summed E-state index contributed by atoms with van der Waals surface area (Å²) < 4.78 is 20.5. The Morgan fingerprint density at radius 3 is 2.97 bits per heavy atom. The van der Waals surface area contributed by atoms with Crippen molar-refractivity contribution in [2.75, 3.05) is 13.1 Å². The molecule has 8 heteroatoms. The Morgan fingerprint density at radius 2 is 2.07 bits per heavy atom. The lowest BCUT2D eigenvalue weighted by atomic mass is 9.98. The molecule has 0 bridgehead atoms. The van der Waals surface area contributed by atoms with Gasteiger partial charge in [-0.15, -0.1) is 0 Å². The van der Waals surface area contributed by atoms with Gasteiger partial charge in [0.1, 0.15) is 11.5 Å². The minimum absolute atomic E-state index is 0.0826. The average Bonchev–Trinajstić information content (AvgIpc) is 3.25. The number of fused-ring (bicyclic) bond motifs is 1. The third-order valence-electron chi connectivity index (χ3n) is 5.39.